The van der Waals surface area contributed by atoms with E-state index in [1.807, 2.05) is 30.3 Å². The molecule has 0 fully saturated rings. The van der Waals surface area contributed by atoms with E-state index in [9.17, 15) is 4.79 Å². The molecule has 0 aliphatic carbocycles. The number of hydrogen-bond donors (Lipinski definition) is 1. The molecule has 6 heteroatoms. The molecule has 126 valence electrons. The number of nitrogens with one attached hydrogen (secondary N) is 1. The van der Waals surface area contributed by atoms with Crippen molar-refractivity contribution < 1.29 is 13.9 Å². The van der Waals surface area contributed by atoms with Crippen LogP contribution in [0.1, 0.15) is 17.7 Å². The number of hydrogen-bond acceptors (Lipinski definition) is 5. The van der Waals surface area contributed by atoms with Gasteiger partial charge in [0.05, 0.1) is 18.5 Å². The fourth-order valence-electron chi connectivity index (χ4n) is 2.91. The van der Waals surface area contributed by atoms with Crippen molar-refractivity contribution in [2.75, 3.05) is 0 Å². The van der Waals surface area contributed by atoms with Crippen LogP contribution in [0.15, 0.2) is 59.5 Å². The fraction of sp³-hybridized carbons (Fsp3) is 0.211. The van der Waals surface area contributed by atoms with Crippen molar-refractivity contribution in [2.45, 2.75) is 25.5 Å². The number of carbonyl (C=O) groups is 1. The molecule has 1 aliphatic heterocycles. The van der Waals surface area contributed by atoms with E-state index in [4.69, 9.17) is 9.15 Å². The predicted octanol–water partition coefficient (Wildman–Crippen LogP) is 2.75. The highest BCUT2D eigenvalue weighted by atomic mass is 16.5. The largest absolute Gasteiger partial charge is 0.480 e. The summed E-state index contributed by atoms with van der Waals surface area (Å²) in [5.41, 5.74) is 2.42. The van der Waals surface area contributed by atoms with Crippen LogP contribution in [0.25, 0.3) is 11.5 Å². The van der Waals surface area contributed by atoms with Crippen molar-refractivity contribution in [3.8, 4) is 17.2 Å². The van der Waals surface area contributed by atoms with Gasteiger partial charge in [-0.1, -0.05) is 18.2 Å². The molecule has 1 atom stereocenters. The molecule has 1 amide bonds. The third-order valence-electron chi connectivity index (χ3n) is 4.17. The molecule has 1 aromatic carbocycles. The van der Waals surface area contributed by atoms with Gasteiger partial charge in [0.25, 0.3) is 5.91 Å². The van der Waals surface area contributed by atoms with Gasteiger partial charge in [0, 0.05) is 12.4 Å². The van der Waals surface area contributed by atoms with Crippen molar-refractivity contribution >= 4 is 5.91 Å². The Morgan fingerprint density at radius 2 is 2.04 bits per heavy atom. The first-order valence-corrected chi connectivity index (χ1v) is 8.17. The van der Waals surface area contributed by atoms with Crippen LogP contribution in [-0.2, 0) is 17.8 Å². The summed E-state index contributed by atoms with van der Waals surface area (Å²) in [6.07, 6.45) is 5.79. The lowest BCUT2D eigenvalue weighted by molar-refractivity contribution is -0.128. The molecule has 1 N–H and O–H groups in total. The van der Waals surface area contributed by atoms with Crippen LogP contribution in [0.3, 0.4) is 0 Å². The lowest BCUT2D eigenvalue weighted by Crippen LogP contribution is -2.40. The van der Waals surface area contributed by atoms with Crippen LogP contribution in [0.4, 0.5) is 0 Å². The van der Waals surface area contributed by atoms with Gasteiger partial charge in [-0.2, -0.15) is 0 Å². The van der Waals surface area contributed by atoms with Crippen LogP contribution >= 0.6 is 0 Å². The van der Waals surface area contributed by atoms with Gasteiger partial charge in [-0.05, 0) is 36.6 Å². The first-order valence-electron chi connectivity index (χ1n) is 8.17. The number of ether oxygens (including phenoxy) is 1. The molecule has 1 aliphatic rings. The number of carbonyl (C=O) groups excluding carboxylic acids is 1. The number of aryl methyl sites for hydroxylation is 1. The second-order valence-electron chi connectivity index (χ2n) is 5.80. The number of furan rings is 1. The third kappa shape index (κ3) is 3.24. The topological polar surface area (TPSA) is 77.3 Å². The number of benzene rings is 1. The number of nitrogens with zero attached hydrogens (tertiary/aromatic N) is 2. The zero-order valence-corrected chi connectivity index (χ0v) is 13.5. The molecule has 0 saturated carbocycles. The predicted molar refractivity (Wildman–Crippen MR) is 90.8 cm³/mol. The Hall–Kier alpha value is -3.15. The van der Waals surface area contributed by atoms with Gasteiger partial charge in [-0.15, -0.1) is 0 Å². The Kier molecular flexibility index (Phi) is 4.16. The van der Waals surface area contributed by atoms with Crippen molar-refractivity contribution in [1.82, 2.24) is 15.3 Å². The Balaban J connectivity index is 1.44. The first kappa shape index (κ1) is 15.4. The summed E-state index contributed by atoms with van der Waals surface area (Å²) in [6.45, 7) is 0.268. The quantitative estimate of drug-likeness (QED) is 0.793. The van der Waals surface area contributed by atoms with E-state index in [0.717, 1.165) is 17.7 Å². The van der Waals surface area contributed by atoms with Crippen LogP contribution < -0.4 is 10.1 Å². The molecule has 25 heavy (non-hydrogen) atoms. The summed E-state index contributed by atoms with van der Waals surface area (Å²) < 4.78 is 11.2. The number of para-hydroxylation sites is 1. The Labute approximate surface area is 144 Å². The lowest BCUT2D eigenvalue weighted by Gasteiger charge is -2.25. The average molecular weight is 335 g/mol. The van der Waals surface area contributed by atoms with Gasteiger partial charge < -0.3 is 14.5 Å². The van der Waals surface area contributed by atoms with Crippen molar-refractivity contribution in [1.29, 1.82) is 0 Å². The van der Waals surface area contributed by atoms with E-state index >= 15 is 0 Å². The molecule has 0 radical (unpaired) electrons. The molecule has 6 nitrogen and oxygen atoms in total. The van der Waals surface area contributed by atoms with E-state index in [1.165, 1.54) is 0 Å². The highest BCUT2D eigenvalue weighted by molar-refractivity contribution is 5.81. The minimum Gasteiger partial charge on any atom is -0.480 e. The second-order valence-corrected chi connectivity index (χ2v) is 5.80. The van der Waals surface area contributed by atoms with Crippen molar-refractivity contribution in [2.24, 2.45) is 0 Å². The monoisotopic (exact) mass is 335 g/mol. The zero-order chi connectivity index (χ0) is 17.1. The smallest absolute Gasteiger partial charge is 0.261 e. The minimum atomic E-state index is -0.487. The molecule has 1 unspecified atom stereocenters. The minimum absolute atomic E-state index is 0.148. The molecular weight excluding hydrogens is 318 g/mol. The first-order chi connectivity index (χ1) is 12.3. The SMILES string of the molecule is O=C(NCc1nccnc1-c1ccco1)C1CCc2ccccc2O1. The number of amides is 1. The van der Waals surface area contributed by atoms with Crippen molar-refractivity contribution in [3.63, 3.8) is 0 Å². The highest BCUT2D eigenvalue weighted by Crippen LogP contribution is 2.27. The lowest BCUT2D eigenvalue weighted by atomic mass is 10.0. The van der Waals surface area contributed by atoms with E-state index in [2.05, 4.69) is 15.3 Å². The van der Waals surface area contributed by atoms with Crippen LogP contribution in [0.2, 0.25) is 0 Å². The van der Waals surface area contributed by atoms with E-state index in [0.29, 0.717) is 23.6 Å². The van der Waals surface area contributed by atoms with Crippen LogP contribution in [-0.4, -0.2) is 22.0 Å². The highest BCUT2D eigenvalue weighted by Gasteiger charge is 2.26. The van der Waals surface area contributed by atoms with E-state index in [-0.39, 0.29) is 12.5 Å². The number of aromatic nitrogens is 2. The summed E-state index contributed by atoms with van der Waals surface area (Å²) in [4.78, 5) is 21.1. The summed E-state index contributed by atoms with van der Waals surface area (Å²) >= 11 is 0. The van der Waals surface area contributed by atoms with Crippen LogP contribution in [0, 0.1) is 0 Å². The van der Waals surface area contributed by atoms with Gasteiger partial charge in [-0.3, -0.25) is 9.78 Å². The van der Waals surface area contributed by atoms with E-state index < -0.39 is 6.10 Å². The molecular formula is C19H17N3O3. The van der Waals surface area contributed by atoms with E-state index in [1.54, 1.807) is 24.7 Å². The molecule has 0 spiro atoms. The number of fused-ring (bicyclic) bond motifs is 1. The molecule has 0 bridgehead atoms. The number of rotatable bonds is 4. The van der Waals surface area contributed by atoms with Crippen LogP contribution in [0.5, 0.6) is 5.75 Å². The maximum atomic E-state index is 12.5. The fourth-order valence-corrected chi connectivity index (χ4v) is 2.91. The van der Waals surface area contributed by atoms with Gasteiger partial charge in [0.1, 0.15) is 11.4 Å². The van der Waals surface area contributed by atoms with Gasteiger partial charge in [0.2, 0.25) is 0 Å². The normalized spacial score (nSPS) is 15.9. The molecule has 3 heterocycles. The summed E-state index contributed by atoms with van der Waals surface area (Å²) in [6, 6.07) is 11.4. The average Bonchev–Trinajstić information content (AvgIpc) is 3.20. The van der Waals surface area contributed by atoms with Gasteiger partial charge in [-0.25, -0.2) is 4.98 Å². The molecule has 0 saturated heterocycles. The molecule has 2 aromatic heterocycles. The Morgan fingerprint density at radius 3 is 2.92 bits per heavy atom. The molecule has 3 aromatic rings. The third-order valence-corrected chi connectivity index (χ3v) is 4.17. The second kappa shape index (κ2) is 6.76. The summed E-state index contributed by atoms with van der Waals surface area (Å²) in [5.74, 6) is 1.26. The standard InChI is InChI=1S/C19H17N3O3/c23-19(17-8-7-13-4-1-2-5-15(13)25-17)22-12-14-18(21-10-9-20-14)16-6-3-11-24-16/h1-6,9-11,17H,7-8,12H2,(H,22,23). The van der Waals surface area contributed by atoms with Gasteiger partial charge in [0.15, 0.2) is 11.9 Å². The Morgan fingerprint density at radius 1 is 1.16 bits per heavy atom. The van der Waals surface area contributed by atoms with Gasteiger partial charge >= 0.3 is 0 Å². The van der Waals surface area contributed by atoms with Crippen molar-refractivity contribution in [3.05, 3.63) is 66.3 Å². The summed E-state index contributed by atoms with van der Waals surface area (Å²) in [5, 5.41) is 2.89. The maximum absolute atomic E-state index is 12.5. The maximum Gasteiger partial charge on any atom is 0.261 e. The summed E-state index contributed by atoms with van der Waals surface area (Å²) in [7, 11) is 0. The Bertz CT molecular complexity index is 877. The molecule has 4 rings (SSSR count). The zero-order valence-electron chi connectivity index (χ0n) is 13.5.